The van der Waals surface area contributed by atoms with Crippen molar-refractivity contribution in [3.8, 4) is 5.75 Å². The first-order valence-electron chi connectivity index (χ1n) is 6.25. The molecule has 0 fully saturated rings. The van der Waals surface area contributed by atoms with Gasteiger partial charge in [-0.05, 0) is 26.0 Å². The number of para-hydroxylation sites is 2. The zero-order chi connectivity index (χ0) is 14.5. The lowest BCUT2D eigenvalue weighted by Crippen LogP contribution is -2.31. The number of carbonyl (C=O) groups is 1. The number of rotatable bonds is 5. The molecule has 1 atom stereocenters. The molecule has 0 saturated carbocycles. The van der Waals surface area contributed by atoms with E-state index in [1.807, 2.05) is 0 Å². The molecule has 0 spiro atoms. The Morgan fingerprint density at radius 3 is 2.90 bits per heavy atom. The highest BCUT2D eigenvalue weighted by Crippen LogP contribution is 2.19. The van der Waals surface area contributed by atoms with Gasteiger partial charge in [0, 0.05) is 0 Å². The predicted octanol–water partition coefficient (Wildman–Crippen LogP) is 1.82. The minimum atomic E-state index is -0.312. The summed E-state index contributed by atoms with van der Waals surface area (Å²) in [6.07, 6.45) is 1.61. The summed E-state index contributed by atoms with van der Waals surface area (Å²) in [4.78, 5) is 15.8. The first kappa shape index (κ1) is 13.9. The smallest absolute Gasteiger partial charge is 0.258 e. The van der Waals surface area contributed by atoms with E-state index in [1.165, 1.54) is 0 Å². The monoisotopic (exact) mass is 275 g/mol. The van der Waals surface area contributed by atoms with Crippen LogP contribution in [-0.2, 0) is 4.79 Å². The quantitative estimate of drug-likeness (QED) is 0.812. The number of benzene rings is 1. The Hall–Kier alpha value is -2.50. The zero-order valence-corrected chi connectivity index (χ0v) is 11.4. The average molecular weight is 275 g/mol. The van der Waals surface area contributed by atoms with Crippen LogP contribution in [0, 0.1) is 6.92 Å². The summed E-state index contributed by atoms with van der Waals surface area (Å²) in [5.74, 6) is 1.39. The van der Waals surface area contributed by atoms with Crippen molar-refractivity contribution in [1.29, 1.82) is 0 Å². The van der Waals surface area contributed by atoms with Crippen molar-refractivity contribution in [3.05, 3.63) is 42.1 Å². The van der Waals surface area contributed by atoms with Crippen LogP contribution in [0.4, 0.5) is 5.69 Å². The molecule has 6 heteroatoms. The van der Waals surface area contributed by atoms with Gasteiger partial charge >= 0.3 is 0 Å². The Morgan fingerprint density at radius 2 is 2.25 bits per heavy atom. The number of nitrogens with zero attached hydrogens (tertiary/aromatic N) is 1. The third-order valence-corrected chi connectivity index (χ3v) is 2.66. The third kappa shape index (κ3) is 3.50. The molecule has 6 nitrogen and oxygen atoms in total. The van der Waals surface area contributed by atoms with E-state index in [-0.39, 0.29) is 18.6 Å². The van der Waals surface area contributed by atoms with Gasteiger partial charge in [-0.1, -0.05) is 12.1 Å². The molecule has 0 radical (unpaired) electrons. The van der Waals surface area contributed by atoms with Gasteiger partial charge in [0.15, 0.2) is 6.61 Å². The van der Waals surface area contributed by atoms with Crippen LogP contribution in [0.2, 0.25) is 0 Å². The highest BCUT2D eigenvalue weighted by molar-refractivity contribution is 5.78. The van der Waals surface area contributed by atoms with Crippen molar-refractivity contribution in [2.24, 2.45) is 0 Å². The average Bonchev–Trinajstić information content (AvgIpc) is 2.84. The second-order valence-corrected chi connectivity index (χ2v) is 4.42. The lowest BCUT2D eigenvalue weighted by Gasteiger charge is -2.12. The molecule has 106 valence electrons. The third-order valence-electron chi connectivity index (χ3n) is 2.66. The van der Waals surface area contributed by atoms with Gasteiger partial charge in [0.2, 0.25) is 5.89 Å². The highest BCUT2D eigenvalue weighted by atomic mass is 16.5. The molecule has 2 aromatic rings. The standard InChI is InChI=1S/C14H17N3O3/c1-9-7-16-14(20-9)10(2)17-13(18)8-19-12-6-4-3-5-11(12)15/h3-7,10H,8,15H2,1-2H3,(H,17,18). The van der Waals surface area contributed by atoms with Gasteiger partial charge in [-0.25, -0.2) is 4.98 Å². The molecule has 2 rings (SSSR count). The fraction of sp³-hybridized carbons (Fsp3) is 0.286. The summed E-state index contributed by atoms with van der Waals surface area (Å²) >= 11 is 0. The van der Waals surface area contributed by atoms with E-state index in [0.717, 1.165) is 0 Å². The molecule has 3 N–H and O–H groups in total. The first-order valence-corrected chi connectivity index (χ1v) is 6.25. The normalized spacial score (nSPS) is 11.9. The predicted molar refractivity (Wildman–Crippen MR) is 74.1 cm³/mol. The molecular formula is C14H17N3O3. The van der Waals surface area contributed by atoms with Gasteiger partial charge < -0.3 is 20.2 Å². The van der Waals surface area contributed by atoms with E-state index in [0.29, 0.717) is 23.1 Å². The number of amides is 1. The molecule has 0 bridgehead atoms. The summed E-state index contributed by atoms with van der Waals surface area (Å²) in [5, 5.41) is 2.74. The lowest BCUT2D eigenvalue weighted by atomic mass is 10.3. The number of aromatic nitrogens is 1. The topological polar surface area (TPSA) is 90.4 Å². The van der Waals surface area contributed by atoms with E-state index in [2.05, 4.69) is 10.3 Å². The molecule has 1 unspecified atom stereocenters. The Balaban J connectivity index is 1.85. The van der Waals surface area contributed by atoms with Crippen molar-refractivity contribution < 1.29 is 13.9 Å². The van der Waals surface area contributed by atoms with Gasteiger partial charge in [-0.2, -0.15) is 0 Å². The van der Waals surface area contributed by atoms with Crippen LogP contribution in [0.3, 0.4) is 0 Å². The number of aryl methyl sites for hydroxylation is 1. The van der Waals surface area contributed by atoms with Gasteiger partial charge in [-0.15, -0.1) is 0 Å². The lowest BCUT2D eigenvalue weighted by molar-refractivity contribution is -0.123. The number of hydrogen-bond acceptors (Lipinski definition) is 5. The molecule has 0 aliphatic rings. The summed E-state index contributed by atoms with van der Waals surface area (Å²) in [6, 6.07) is 6.71. The van der Waals surface area contributed by atoms with Crippen LogP contribution < -0.4 is 15.8 Å². The molecule has 0 aliphatic carbocycles. The molecule has 1 aromatic heterocycles. The summed E-state index contributed by atoms with van der Waals surface area (Å²) in [5.41, 5.74) is 6.22. The van der Waals surface area contributed by atoms with Gasteiger partial charge in [0.25, 0.3) is 5.91 Å². The molecule has 0 aliphatic heterocycles. The van der Waals surface area contributed by atoms with Crippen LogP contribution in [0.5, 0.6) is 5.75 Å². The maximum absolute atomic E-state index is 11.8. The molecular weight excluding hydrogens is 258 g/mol. The zero-order valence-electron chi connectivity index (χ0n) is 11.4. The second kappa shape index (κ2) is 6.10. The Labute approximate surface area is 116 Å². The van der Waals surface area contributed by atoms with Crippen LogP contribution in [0.15, 0.2) is 34.9 Å². The number of anilines is 1. The molecule has 1 amide bonds. The van der Waals surface area contributed by atoms with E-state index >= 15 is 0 Å². The largest absolute Gasteiger partial charge is 0.482 e. The van der Waals surface area contributed by atoms with E-state index in [9.17, 15) is 4.79 Å². The maximum Gasteiger partial charge on any atom is 0.258 e. The summed E-state index contributed by atoms with van der Waals surface area (Å²) in [7, 11) is 0. The molecule has 1 heterocycles. The van der Waals surface area contributed by atoms with Gasteiger partial charge in [0.05, 0.1) is 11.9 Å². The van der Waals surface area contributed by atoms with Crippen molar-refractivity contribution in [2.45, 2.75) is 19.9 Å². The number of nitrogens with one attached hydrogen (secondary N) is 1. The van der Waals surface area contributed by atoms with Crippen molar-refractivity contribution in [3.63, 3.8) is 0 Å². The van der Waals surface area contributed by atoms with E-state index < -0.39 is 0 Å². The molecule has 1 aromatic carbocycles. The van der Waals surface area contributed by atoms with Gasteiger partial charge in [-0.3, -0.25) is 4.79 Å². The van der Waals surface area contributed by atoms with Gasteiger partial charge in [0.1, 0.15) is 17.6 Å². The fourth-order valence-corrected chi connectivity index (χ4v) is 1.67. The Kier molecular flexibility index (Phi) is 4.24. The number of carbonyl (C=O) groups excluding carboxylic acids is 1. The Morgan fingerprint density at radius 1 is 1.50 bits per heavy atom. The fourth-order valence-electron chi connectivity index (χ4n) is 1.67. The van der Waals surface area contributed by atoms with Crippen molar-refractivity contribution >= 4 is 11.6 Å². The second-order valence-electron chi connectivity index (χ2n) is 4.42. The van der Waals surface area contributed by atoms with Crippen LogP contribution in [-0.4, -0.2) is 17.5 Å². The maximum atomic E-state index is 11.8. The number of ether oxygens (including phenoxy) is 1. The highest BCUT2D eigenvalue weighted by Gasteiger charge is 2.14. The number of oxazole rings is 1. The van der Waals surface area contributed by atoms with E-state index in [4.69, 9.17) is 14.9 Å². The van der Waals surface area contributed by atoms with Crippen LogP contribution in [0.1, 0.15) is 24.6 Å². The summed E-state index contributed by atoms with van der Waals surface area (Å²) in [6.45, 7) is 3.48. The minimum Gasteiger partial charge on any atom is -0.482 e. The van der Waals surface area contributed by atoms with Crippen molar-refractivity contribution in [2.75, 3.05) is 12.3 Å². The molecule has 20 heavy (non-hydrogen) atoms. The summed E-state index contributed by atoms with van der Waals surface area (Å²) < 4.78 is 10.7. The van der Waals surface area contributed by atoms with E-state index in [1.54, 1.807) is 44.3 Å². The number of hydrogen-bond donors (Lipinski definition) is 2. The number of nitrogen functional groups attached to an aromatic ring is 1. The van der Waals surface area contributed by atoms with Crippen LogP contribution >= 0.6 is 0 Å². The number of nitrogens with two attached hydrogens (primary N) is 1. The van der Waals surface area contributed by atoms with Crippen LogP contribution in [0.25, 0.3) is 0 Å². The SMILES string of the molecule is Cc1cnc(C(C)NC(=O)COc2ccccc2N)o1. The minimum absolute atomic E-state index is 0.113. The van der Waals surface area contributed by atoms with Crippen molar-refractivity contribution in [1.82, 2.24) is 10.3 Å². The molecule has 0 saturated heterocycles. The Bertz CT molecular complexity index is 595. The first-order chi connectivity index (χ1) is 9.56.